The van der Waals surface area contributed by atoms with Crippen molar-refractivity contribution < 1.29 is 9.53 Å². The molecular weight excluding hydrogens is 350 g/mol. The molecule has 0 atom stereocenters. The highest BCUT2D eigenvalue weighted by molar-refractivity contribution is 6.30. The maximum Gasteiger partial charge on any atom is 0.259 e. The van der Waals surface area contributed by atoms with E-state index in [9.17, 15) is 4.79 Å². The second kappa shape index (κ2) is 8.45. The van der Waals surface area contributed by atoms with Crippen LogP contribution in [0.25, 0.3) is 0 Å². The van der Waals surface area contributed by atoms with E-state index in [1.165, 1.54) is 0 Å². The van der Waals surface area contributed by atoms with E-state index in [1.54, 1.807) is 60.7 Å². The van der Waals surface area contributed by atoms with Gasteiger partial charge in [-0.2, -0.15) is 0 Å². The summed E-state index contributed by atoms with van der Waals surface area (Å²) in [7, 11) is 1.75. The smallest absolute Gasteiger partial charge is 0.259 e. The molecule has 5 nitrogen and oxygen atoms in total. The molecule has 0 saturated carbocycles. The van der Waals surface area contributed by atoms with Gasteiger partial charge in [0.15, 0.2) is 0 Å². The number of carbonyl (C=O) groups is 1. The Morgan fingerprint density at radius 2 is 1.81 bits per heavy atom. The Hall–Kier alpha value is -2.92. The summed E-state index contributed by atoms with van der Waals surface area (Å²) in [6.45, 7) is 0.547. The molecule has 26 heavy (non-hydrogen) atoms. The van der Waals surface area contributed by atoms with E-state index >= 15 is 0 Å². The summed E-state index contributed by atoms with van der Waals surface area (Å²) in [5, 5.41) is 0.615. The Bertz CT molecular complexity index is 870. The molecule has 0 radical (unpaired) electrons. The van der Waals surface area contributed by atoms with E-state index in [0.717, 1.165) is 5.69 Å². The number of likely N-dealkylation sites (N-methyl/N-ethyl adjacent to an activating group) is 1. The van der Waals surface area contributed by atoms with Crippen LogP contribution in [0.4, 0.5) is 0 Å². The van der Waals surface area contributed by atoms with Crippen molar-refractivity contribution in [3.8, 4) is 11.6 Å². The van der Waals surface area contributed by atoms with Crippen LogP contribution in [0.5, 0.6) is 11.6 Å². The fourth-order valence-electron chi connectivity index (χ4n) is 2.38. The van der Waals surface area contributed by atoms with E-state index in [4.69, 9.17) is 16.3 Å². The summed E-state index contributed by atoms with van der Waals surface area (Å²) < 4.78 is 5.77. The summed E-state index contributed by atoms with van der Waals surface area (Å²) >= 11 is 5.89. The monoisotopic (exact) mass is 367 g/mol. The molecule has 0 fully saturated rings. The molecule has 1 amide bonds. The standard InChI is InChI=1S/C20H18ClN3O2/c1-24(14-11-16-5-2-3-12-22-16)20(25)18-6-4-13-23-19(18)26-17-9-7-15(21)8-10-17/h2-10,12-13H,11,14H2,1H3. The van der Waals surface area contributed by atoms with Gasteiger partial charge in [0.25, 0.3) is 5.91 Å². The Morgan fingerprint density at radius 1 is 1.04 bits per heavy atom. The highest BCUT2D eigenvalue weighted by atomic mass is 35.5. The number of nitrogens with zero attached hydrogens (tertiary/aromatic N) is 3. The lowest BCUT2D eigenvalue weighted by Gasteiger charge is -2.18. The van der Waals surface area contributed by atoms with Crippen molar-refractivity contribution in [2.75, 3.05) is 13.6 Å². The van der Waals surface area contributed by atoms with Gasteiger partial charge >= 0.3 is 0 Å². The van der Waals surface area contributed by atoms with E-state index in [2.05, 4.69) is 9.97 Å². The van der Waals surface area contributed by atoms with Gasteiger partial charge in [-0.15, -0.1) is 0 Å². The van der Waals surface area contributed by atoms with E-state index in [1.807, 2.05) is 18.2 Å². The van der Waals surface area contributed by atoms with Crippen molar-refractivity contribution in [3.05, 3.63) is 83.3 Å². The number of halogens is 1. The molecule has 132 valence electrons. The van der Waals surface area contributed by atoms with E-state index in [0.29, 0.717) is 29.3 Å². The molecule has 3 rings (SSSR count). The van der Waals surface area contributed by atoms with Crippen LogP contribution < -0.4 is 4.74 Å². The maximum absolute atomic E-state index is 12.8. The Labute approximate surface area is 157 Å². The molecule has 0 aliphatic heterocycles. The quantitative estimate of drug-likeness (QED) is 0.654. The second-order valence-electron chi connectivity index (χ2n) is 5.71. The van der Waals surface area contributed by atoms with Gasteiger partial charge in [-0.25, -0.2) is 4.98 Å². The largest absolute Gasteiger partial charge is 0.438 e. The molecule has 0 bridgehead atoms. The highest BCUT2D eigenvalue weighted by Crippen LogP contribution is 2.25. The van der Waals surface area contributed by atoms with Gasteiger partial charge in [-0.05, 0) is 48.5 Å². The minimum atomic E-state index is -0.155. The van der Waals surface area contributed by atoms with Gasteiger partial charge in [0.2, 0.25) is 5.88 Å². The first-order valence-electron chi connectivity index (χ1n) is 8.17. The predicted molar refractivity (Wildman–Crippen MR) is 101 cm³/mol. The third-order valence-electron chi connectivity index (χ3n) is 3.81. The fraction of sp³-hybridized carbons (Fsp3) is 0.150. The van der Waals surface area contributed by atoms with Crippen LogP contribution in [0.3, 0.4) is 0 Å². The Kier molecular flexibility index (Phi) is 5.81. The molecule has 0 aliphatic carbocycles. The van der Waals surface area contributed by atoms with Crippen LogP contribution in [0, 0.1) is 0 Å². The number of rotatable bonds is 6. The number of ether oxygens (including phenoxy) is 1. The summed E-state index contributed by atoms with van der Waals surface area (Å²) in [6.07, 6.45) is 4.02. The zero-order chi connectivity index (χ0) is 18.4. The molecule has 0 unspecified atom stereocenters. The van der Waals surface area contributed by atoms with Gasteiger partial charge in [0.05, 0.1) is 0 Å². The molecule has 0 aliphatic rings. The zero-order valence-electron chi connectivity index (χ0n) is 14.3. The fourth-order valence-corrected chi connectivity index (χ4v) is 2.51. The average molecular weight is 368 g/mol. The van der Waals surface area contributed by atoms with Crippen LogP contribution in [0.15, 0.2) is 67.0 Å². The molecule has 2 heterocycles. The number of amides is 1. The van der Waals surface area contributed by atoms with Crippen molar-refractivity contribution in [1.29, 1.82) is 0 Å². The van der Waals surface area contributed by atoms with Crippen LogP contribution in [-0.2, 0) is 6.42 Å². The Balaban J connectivity index is 1.71. The van der Waals surface area contributed by atoms with E-state index < -0.39 is 0 Å². The number of pyridine rings is 2. The van der Waals surface area contributed by atoms with E-state index in [-0.39, 0.29) is 11.8 Å². The lowest BCUT2D eigenvalue weighted by atomic mass is 10.2. The minimum absolute atomic E-state index is 0.155. The predicted octanol–water partition coefficient (Wildman–Crippen LogP) is 4.24. The van der Waals surface area contributed by atoms with Crippen LogP contribution in [-0.4, -0.2) is 34.4 Å². The van der Waals surface area contributed by atoms with Gasteiger partial charge in [0, 0.05) is 43.1 Å². The van der Waals surface area contributed by atoms with Crippen molar-refractivity contribution >= 4 is 17.5 Å². The summed E-state index contributed by atoms with van der Waals surface area (Å²) in [4.78, 5) is 22.9. The summed E-state index contributed by atoms with van der Waals surface area (Å²) in [5.74, 6) is 0.681. The first-order chi connectivity index (χ1) is 12.6. The number of benzene rings is 1. The SMILES string of the molecule is CN(CCc1ccccn1)C(=O)c1cccnc1Oc1ccc(Cl)cc1. The van der Waals surface area contributed by atoms with Crippen molar-refractivity contribution in [2.45, 2.75) is 6.42 Å². The molecule has 0 spiro atoms. The normalized spacial score (nSPS) is 10.4. The molecule has 6 heteroatoms. The lowest BCUT2D eigenvalue weighted by molar-refractivity contribution is 0.0793. The van der Waals surface area contributed by atoms with Crippen molar-refractivity contribution in [3.63, 3.8) is 0 Å². The average Bonchev–Trinajstić information content (AvgIpc) is 2.68. The van der Waals surface area contributed by atoms with Crippen LogP contribution >= 0.6 is 11.6 Å². The van der Waals surface area contributed by atoms with Crippen LogP contribution in [0.1, 0.15) is 16.1 Å². The number of hydrogen-bond acceptors (Lipinski definition) is 4. The number of aromatic nitrogens is 2. The Morgan fingerprint density at radius 3 is 2.54 bits per heavy atom. The molecular formula is C20H18ClN3O2. The topological polar surface area (TPSA) is 55.3 Å². The first kappa shape index (κ1) is 17.9. The van der Waals surface area contributed by atoms with Crippen molar-refractivity contribution in [1.82, 2.24) is 14.9 Å². The maximum atomic E-state index is 12.8. The first-order valence-corrected chi connectivity index (χ1v) is 8.55. The zero-order valence-corrected chi connectivity index (χ0v) is 15.1. The summed E-state index contributed by atoms with van der Waals surface area (Å²) in [5.41, 5.74) is 1.35. The number of carbonyl (C=O) groups excluding carboxylic acids is 1. The van der Waals surface area contributed by atoms with Gasteiger partial charge in [0.1, 0.15) is 11.3 Å². The van der Waals surface area contributed by atoms with Gasteiger partial charge in [-0.1, -0.05) is 17.7 Å². The minimum Gasteiger partial charge on any atom is -0.438 e. The molecule has 1 aromatic carbocycles. The third kappa shape index (κ3) is 4.58. The molecule has 2 aromatic heterocycles. The number of hydrogen-bond donors (Lipinski definition) is 0. The van der Waals surface area contributed by atoms with Gasteiger partial charge < -0.3 is 9.64 Å². The van der Waals surface area contributed by atoms with Crippen LogP contribution in [0.2, 0.25) is 5.02 Å². The highest BCUT2D eigenvalue weighted by Gasteiger charge is 2.18. The molecule has 0 saturated heterocycles. The van der Waals surface area contributed by atoms with Gasteiger partial charge in [-0.3, -0.25) is 9.78 Å². The second-order valence-corrected chi connectivity index (χ2v) is 6.15. The van der Waals surface area contributed by atoms with Crippen molar-refractivity contribution in [2.24, 2.45) is 0 Å². The lowest BCUT2D eigenvalue weighted by Crippen LogP contribution is -2.29. The molecule has 0 N–H and O–H groups in total. The summed E-state index contributed by atoms with van der Waals surface area (Å²) in [6, 6.07) is 16.1. The third-order valence-corrected chi connectivity index (χ3v) is 4.06. The molecule has 3 aromatic rings.